The number of anilines is 2. The Morgan fingerprint density at radius 3 is 2.18 bits per heavy atom. The molecule has 45 heavy (non-hydrogen) atoms. The van der Waals surface area contributed by atoms with Gasteiger partial charge in [-0.3, -0.25) is 14.4 Å². The zero-order valence-corrected chi connectivity index (χ0v) is 25.6. The van der Waals surface area contributed by atoms with E-state index in [2.05, 4.69) is 10.6 Å². The van der Waals surface area contributed by atoms with Crippen LogP contribution in [0.4, 0.5) is 28.9 Å². The molecule has 0 saturated carbocycles. The van der Waals surface area contributed by atoms with Gasteiger partial charge in [0.1, 0.15) is 11.4 Å². The van der Waals surface area contributed by atoms with E-state index >= 15 is 0 Å². The van der Waals surface area contributed by atoms with E-state index in [0.717, 1.165) is 11.8 Å². The van der Waals surface area contributed by atoms with Crippen LogP contribution in [0.3, 0.4) is 0 Å². The summed E-state index contributed by atoms with van der Waals surface area (Å²) in [5.74, 6) is -8.92. The molecule has 0 aliphatic rings. The first-order valence-corrected chi connectivity index (χ1v) is 14.9. The molecule has 3 N–H and O–H groups in total. The molecule has 1 unspecified atom stereocenters. The predicted molar refractivity (Wildman–Crippen MR) is 168 cm³/mol. The van der Waals surface area contributed by atoms with E-state index in [4.69, 9.17) is 23.2 Å². The summed E-state index contributed by atoms with van der Waals surface area (Å²) in [7, 11) is 0. The maximum atomic E-state index is 14.1. The summed E-state index contributed by atoms with van der Waals surface area (Å²) in [5, 5.41) is 6.68. The van der Waals surface area contributed by atoms with Gasteiger partial charge < -0.3 is 16.0 Å². The Morgan fingerprint density at radius 2 is 1.51 bits per heavy atom. The third-order valence-corrected chi connectivity index (χ3v) is 8.40. The lowest BCUT2D eigenvalue weighted by Crippen LogP contribution is -2.30. The van der Waals surface area contributed by atoms with Crippen molar-refractivity contribution in [3.63, 3.8) is 0 Å². The number of hydrogen-bond acceptors (Lipinski definition) is 4. The van der Waals surface area contributed by atoms with Crippen LogP contribution in [0, 0.1) is 23.3 Å². The van der Waals surface area contributed by atoms with E-state index in [1.807, 2.05) is 5.32 Å². The summed E-state index contributed by atoms with van der Waals surface area (Å²) < 4.78 is 55.4. The molecule has 0 aliphatic heterocycles. The molecule has 0 fully saturated rings. The summed E-state index contributed by atoms with van der Waals surface area (Å²) in [5.41, 5.74) is -0.426. The third-order valence-electron chi connectivity index (χ3n) is 6.20. The Bertz CT molecular complexity index is 1770. The van der Waals surface area contributed by atoms with E-state index < -0.39 is 51.9 Å². The van der Waals surface area contributed by atoms with Crippen LogP contribution in [0.25, 0.3) is 6.08 Å². The standard InChI is InChI=1S/C32H23Cl2F4N3O3S/c1-2-25(32(44)41-29-27(37)22(35)16-23(36)28(29)38)45-20-12-7-11-19(15-20)39-31(43)24(14-18-10-6-13-21(33)26(18)34)40-30(42)17-8-4-3-5-9-17/h3-16,25H,2H2,1H3,(H,39,43)(H,40,42)(H,41,44)/b24-14+. The zero-order chi connectivity index (χ0) is 32.7. The zero-order valence-electron chi connectivity index (χ0n) is 23.3. The fraction of sp³-hybridized carbons (Fsp3) is 0.0938. The number of thioether (sulfide) groups is 1. The lowest BCUT2D eigenvalue weighted by molar-refractivity contribution is -0.116. The summed E-state index contributed by atoms with van der Waals surface area (Å²) in [6.07, 6.45) is 1.54. The fourth-order valence-electron chi connectivity index (χ4n) is 3.95. The molecular formula is C32H23Cl2F4N3O3S. The van der Waals surface area contributed by atoms with Crippen molar-refractivity contribution in [1.29, 1.82) is 0 Å². The molecule has 0 saturated heterocycles. The topological polar surface area (TPSA) is 87.3 Å². The van der Waals surface area contributed by atoms with Gasteiger partial charge in [-0.2, -0.15) is 0 Å². The lowest BCUT2D eigenvalue weighted by Gasteiger charge is -2.17. The minimum atomic E-state index is -1.73. The first kappa shape index (κ1) is 33.6. The SMILES string of the molecule is CCC(Sc1cccc(NC(=O)/C(=C\c2cccc(Cl)c2Cl)NC(=O)c2ccccc2)c1)C(=O)Nc1c(F)c(F)cc(F)c1F. The second-order valence-electron chi connectivity index (χ2n) is 9.35. The fourth-order valence-corrected chi connectivity index (χ4v) is 5.32. The molecule has 3 amide bonds. The summed E-state index contributed by atoms with van der Waals surface area (Å²) >= 11 is 13.4. The smallest absolute Gasteiger partial charge is 0.272 e. The molecular weight excluding hydrogens is 653 g/mol. The third kappa shape index (κ3) is 8.44. The summed E-state index contributed by atoms with van der Waals surface area (Å²) in [6.45, 7) is 1.63. The first-order chi connectivity index (χ1) is 21.5. The highest BCUT2D eigenvalue weighted by molar-refractivity contribution is 8.00. The number of amides is 3. The van der Waals surface area contributed by atoms with Crippen LogP contribution in [0.1, 0.15) is 29.3 Å². The van der Waals surface area contributed by atoms with Crippen molar-refractivity contribution in [2.75, 3.05) is 10.6 Å². The van der Waals surface area contributed by atoms with Gasteiger partial charge >= 0.3 is 0 Å². The van der Waals surface area contributed by atoms with Gasteiger partial charge in [0, 0.05) is 22.2 Å². The maximum Gasteiger partial charge on any atom is 0.272 e. The molecule has 0 heterocycles. The van der Waals surface area contributed by atoms with Crippen LogP contribution in [-0.2, 0) is 9.59 Å². The lowest BCUT2D eigenvalue weighted by atomic mass is 10.1. The van der Waals surface area contributed by atoms with Crippen molar-refractivity contribution in [2.24, 2.45) is 0 Å². The van der Waals surface area contributed by atoms with Gasteiger partial charge in [-0.05, 0) is 54.5 Å². The number of nitrogens with one attached hydrogen (secondary N) is 3. The molecule has 0 spiro atoms. The normalized spacial score (nSPS) is 11.9. The van der Waals surface area contributed by atoms with Crippen LogP contribution in [-0.4, -0.2) is 23.0 Å². The summed E-state index contributed by atoms with van der Waals surface area (Å²) in [6, 6.07) is 19.4. The van der Waals surface area contributed by atoms with Gasteiger partial charge in [-0.25, -0.2) is 17.6 Å². The van der Waals surface area contributed by atoms with Gasteiger partial charge in [0.15, 0.2) is 23.3 Å². The highest BCUT2D eigenvalue weighted by Gasteiger charge is 2.25. The Balaban J connectivity index is 1.54. The molecule has 0 aliphatic carbocycles. The van der Waals surface area contributed by atoms with E-state index in [0.29, 0.717) is 16.0 Å². The van der Waals surface area contributed by atoms with Crippen LogP contribution in [0.15, 0.2) is 89.5 Å². The van der Waals surface area contributed by atoms with E-state index in [9.17, 15) is 31.9 Å². The van der Waals surface area contributed by atoms with E-state index in [1.54, 1.807) is 73.7 Å². The largest absolute Gasteiger partial charge is 0.321 e. The number of hydrogen-bond donors (Lipinski definition) is 3. The first-order valence-electron chi connectivity index (χ1n) is 13.2. The van der Waals surface area contributed by atoms with E-state index in [-0.39, 0.29) is 33.9 Å². The molecule has 6 nitrogen and oxygen atoms in total. The van der Waals surface area contributed by atoms with Crippen molar-refractivity contribution in [3.8, 4) is 0 Å². The molecule has 4 aromatic carbocycles. The molecule has 4 aromatic rings. The van der Waals surface area contributed by atoms with Crippen LogP contribution in [0.5, 0.6) is 0 Å². The Hall–Kier alpha value is -4.32. The molecule has 0 aromatic heterocycles. The molecule has 0 bridgehead atoms. The van der Waals surface area contributed by atoms with E-state index in [1.165, 1.54) is 12.1 Å². The maximum absolute atomic E-state index is 14.1. The Kier molecular flexibility index (Phi) is 11.3. The highest BCUT2D eigenvalue weighted by Crippen LogP contribution is 2.31. The Labute approximate surface area is 269 Å². The number of halogens is 6. The minimum absolute atomic E-state index is 0.0451. The average Bonchev–Trinajstić information content (AvgIpc) is 3.03. The quantitative estimate of drug-likeness (QED) is 0.0681. The van der Waals surface area contributed by atoms with Gasteiger partial charge in [0.05, 0.1) is 15.3 Å². The Morgan fingerprint density at radius 1 is 0.844 bits per heavy atom. The molecule has 0 radical (unpaired) electrons. The number of carbonyl (C=O) groups excluding carboxylic acids is 3. The molecule has 4 rings (SSSR count). The van der Waals surface area contributed by atoms with Crippen LogP contribution >= 0.6 is 35.0 Å². The molecule has 1 atom stereocenters. The van der Waals surface area contributed by atoms with Gasteiger partial charge in [0.25, 0.3) is 11.8 Å². The van der Waals surface area contributed by atoms with Crippen molar-refractivity contribution in [3.05, 3.63) is 129 Å². The minimum Gasteiger partial charge on any atom is -0.321 e. The van der Waals surface area contributed by atoms with Crippen molar-refractivity contribution in [2.45, 2.75) is 23.5 Å². The van der Waals surface area contributed by atoms with Gasteiger partial charge in [-0.1, -0.05) is 66.5 Å². The number of benzene rings is 4. The van der Waals surface area contributed by atoms with Crippen LogP contribution < -0.4 is 16.0 Å². The average molecular weight is 677 g/mol. The van der Waals surface area contributed by atoms with Crippen LogP contribution in [0.2, 0.25) is 10.0 Å². The molecule has 13 heteroatoms. The van der Waals surface area contributed by atoms with Gasteiger partial charge in [-0.15, -0.1) is 11.8 Å². The molecule has 232 valence electrons. The second kappa shape index (κ2) is 15.1. The summed E-state index contributed by atoms with van der Waals surface area (Å²) in [4.78, 5) is 39.6. The monoisotopic (exact) mass is 675 g/mol. The predicted octanol–water partition coefficient (Wildman–Crippen LogP) is 8.47. The van der Waals surface area contributed by atoms with Crippen molar-refractivity contribution < 1.29 is 31.9 Å². The number of rotatable bonds is 10. The number of carbonyl (C=O) groups is 3. The second-order valence-corrected chi connectivity index (χ2v) is 11.4. The van der Waals surface area contributed by atoms with Crippen molar-refractivity contribution >= 4 is 70.1 Å². The van der Waals surface area contributed by atoms with Gasteiger partial charge in [0.2, 0.25) is 5.91 Å². The highest BCUT2D eigenvalue weighted by atomic mass is 35.5. The van der Waals surface area contributed by atoms with Crippen molar-refractivity contribution in [1.82, 2.24) is 5.32 Å².